The van der Waals surface area contributed by atoms with Gasteiger partial charge in [0.05, 0.1) is 18.3 Å². The molecule has 0 aromatic heterocycles. The normalized spacial score (nSPS) is 46.3. The number of hydrogen-bond donors (Lipinski definition) is 1. The highest BCUT2D eigenvalue weighted by Gasteiger charge is 2.74. The minimum absolute atomic E-state index is 0.0127. The molecule has 0 saturated heterocycles. The summed E-state index contributed by atoms with van der Waals surface area (Å²) >= 11 is 7.03. The molecule has 5 nitrogen and oxygen atoms in total. The largest absolute Gasteiger partial charge is 0.465 e. The molecule has 6 heteroatoms. The van der Waals surface area contributed by atoms with Gasteiger partial charge in [-0.1, -0.05) is 45.4 Å². The zero-order chi connectivity index (χ0) is 25.2. The number of alkyl halides is 1. The van der Waals surface area contributed by atoms with Gasteiger partial charge in [0.15, 0.2) is 0 Å². The van der Waals surface area contributed by atoms with E-state index < -0.39 is 11.5 Å². The molecule has 1 aromatic carbocycles. The third-order valence-corrected chi connectivity index (χ3v) is 11.1. The first-order chi connectivity index (χ1) is 16.5. The average molecular weight is 503 g/mol. The number of rotatable bonds is 4. The lowest BCUT2D eigenvalue weighted by atomic mass is 9.40. The van der Waals surface area contributed by atoms with Gasteiger partial charge in [-0.15, -0.1) is 11.6 Å². The quantitative estimate of drug-likeness (QED) is 0.427. The zero-order valence-electron chi connectivity index (χ0n) is 21.3. The minimum Gasteiger partial charge on any atom is -0.465 e. The highest BCUT2D eigenvalue weighted by atomic mass is 35.5. The Balaban J connectivity index is 1.52. The summed E-state index contributed by atoms with van der Waals surface area (Å²) in [6.45, 7) is 8.64. The van der Waals surface area contributed by atoms with Crippen LogP contribution in [0, 0.1) is 39.9 Å². The van der Waals surface area contributed by atoms with E-state index in [0.29, 0.717) is 18.1 Å². The molecule has 0 heterocycles. The van der Waals surface area contributed by atoms with Crippen LogP contribution in [-0.2, 0) is 14.3 Å². The van der Waals surface area contributed by atoms with Gasteiger partial charge >= 0.3 is 11.9 Å². The molecule has 0 radical (unpaired) electrons. The van der Waals surface area contributed by atoms with Crippen molar-refractivity contribution in [1.29, 1.82) is 0 Å². The van der Waals surface area contributed by atoms with E-state index in [1.807, 2.05) is 18.2 Å². The van der Waals surface area contributed by atoms with Crippen LogP contribution in [-0.4, -0.2) is 41.2 Å². The molecule has 0 aliphatic heterocycles. The van der Waals surface area contributed by atoms with Crippen LogP contribution in [0.25, 0.3) is 0 Å². The van der Waals surface area contributed by atoms with Crippen LogP contribution < -0.4 is 0 Å². The molecule has 10 atom stereocenters. The maximum atomic E-state index is 13.2. The summed E-state index contributed by atoms with van der Waals surface area (Å²) in [5.74, 6) is -0.165. The highest BCUT2D eigenvalue weighted by Crippen LogP contribution is 2.73. The molecule has 4 saturated carbocycles. The van der Waals surface area contributed by atoms with E-state index in [1.54, 1.807) is 12.1 Å². The van der Waals surface area contributed by atoms with E-state index in [1.165, 1.54) is 6.92 Å². The van der Waals surface area contributed by atoms with Crippen molar-refractivity contribution in [3.05, 3.63) is 35.9 Å². The maximum Gasteiger partial charge on any atom is 0.338 e. The fourth-order valence-corrected chi connectivity index (χ4v) is 9.85. The molecule has 4 fully saturated rings. The molecule has 5 rings (SSSR count). The number of aliphatic hydroxyl groups is 1. The third-order valence-electron chi connectivity index (χ3n) is 10.7. The van der Waals surface area contributed by atoms with Crippen LogP contribution >= 0.6 is 11.6 Å². The van der Waals surface area contributed by atoms with E-state index in [9.17, 15) is 14.7 Å². The topological polar surface area (TPSA) is 72.8 Å². The molecule has 2 bridgehead atoms. The van der Waals surface area contributed by atoms with Crippen LogP contribution in [0.2, 0.25) is 0 Å². The molecule has 1 spiro atoms. The van der Waals surface area contributed by atoms with E-state index in [-0.39, 0.29) is 52.0 Å². The number of carbonyl (C=O) groups excluding carboxylic acids is 2. The molecule has 192 valence electrons. The maximum absolute atomic E-state index is 13.2. The lowest BCUT2D eigenvalue weighted by Gasteiger charge is -2.65. The molecule has 3 unspecified atom stereocenters. The van der Waals surface area contributed by atoms with Crippen molar-refractivity contribution in [2.45, 2.75) is 83.8 Å². The lowest BCUT2D eigenvalue weighted by Crippen LogP contribution is -2.64. The Kier molecular flexibility index (Phi) is 6.28. The van der Waals surface area contributed by atoms with Gasteiger partial charge in [-0.3, -0.25) is 4.79 Å². The number of fused-ring (bicyclic) bond motifs is 3. The zero-order valence-corrected chi connectivity index (χ0v) is 22.1. The van der Waals surface area contributed by atoms with Gasteiger partial charge in [-0.05, 0) is 61.5 Å². The average Bonchev–Trinajstić information content (AvgIpc) is 2.95. The number of esters is 2. The van der Waals surface area contributed by atoms with Gasteiger partial charge < -0.3 is 14.6 Å². The SMILES string of the molecule is CC(=O)OC[C@@]1(C)CCC[C@@]2(C)C3C[C@@H](Cl)[C@H]4[C@H](C)[C@H](OC(=O)c5ccccc5)C3(CCC12)[C@@H]4O. The molecule has 35 heavy (non-hydrogen) atoms. The second-order valence-corrected chi connectivity index (χ2v) is 12.9. The first-order valence-electron chi connectivity index (χ1n) is 13.3. The van der Waals surface area contributed by atoms with Crippen LogP contribution in [0.1, 0.15) is 76.6 Å². The monoisotopic (exact) mass is 502 g/mol. The number of halogens is 1. The summed E-state index contributed by atoms with van der Waals surface area (Å²) in [6, 6.07) is 9.14. The predicted octanol–water partition coefficient (Wildman–Crippen LogP) is 5.62. The van der Waals surface area contributed by atoms with Crippen LogP contribution in [0.15, 0.2) is 30.3 Å². The Bertz CT molecular complexity index is 983. The molecule has 4 aliphatic carbocycles. The van der Waals surface area contributed by atoms with E-state index in [0.717, 1.165) is 38.5 Å². The van der Waals surface area contributed by atoms with Crippen molar-refractivity contribution < 1.29 is 24.2 Å². The van der Waals surface area contributed by atoms with Crippen molar-refractivity contribution in [2.75, 3.05) is 6.61 Å². The molecule has 0 amide bonds. The number of ether oxygens (including phenoxy) is 2. The van der Waals surface area contributed by atoms with E-state index in [2.05, 4.69) is 20.8 Å². The number of benzene rings is 1. The summed E-state index contributed by atoms with van der Waals surface area (Å²) in [4.78, 5) is 24.9. The second-order valence-electron chi connectivity index (χ2n) is 12.4. The molecular formula is C29H39ClO5. The fraction of sp³-hybridized carbons (Fsp3) is 0.724. The van der Waals surface area contributed by atoms with Crippen molar-refractivity contribution in [1.82, 2.24) is 0 Å². The Morgan fingerprint density at radius 1 is 1.11 bits per heavy atom. The smallest absolute Gasteiger partial charge is 0.338 e. The fourth-order valence-electron chi connectivity index (χ4n) is 9.31. The van der Waals surface area contributed by atoms with Crippen LogP contribution in [0.4, 0.5) is 0 Å². The first kappa shape index (κ1) is 25.1. The van der Waals surface area contributed by atoms with E-state index >= 15 is 0 Å². The van der Waals surface area contributed by atoms with Crippen molar-refractivity contribution >= 4 is 23.5 Å². The summed E-state index contributed by atoms with van der Waals surface area (Å²) in [6.07, 6.45) is 4.71. The number of hydrogen-bond acceptors (Lipinski definition) is 5. The molecule has 1 N–H and O–H groups in total. The molecular weight excluding hydrogens is 464 g/mol. The Morgan fingerprint density at radius 3 is 2.51 bits per heavy atom. The van der Waals surface area contributed by atoms with Gasteiger partial charge in [0.25, 0.3) is 0 Å². The number of aliphatic hydroxyl groups excluding tert-OH is 1. The summed E-state index contributed by atoms with van der Waals surface area (Å²) in [5.41, 5.74) is -0.140. The van der Waals surface area contributed by atoms with Gasteiger partial charge in [0, 0.05) is 35.0 Å². The van der Waals surface area contributed by atoms with Crippen molar-refractivity contribution in [3.63, 3.8) is 0 Å². The molecule has 1 aromatic rings. The van der Waals surface area contributed by atoms with E-state index in [4.69, 9.17) is 21.1 Å². The summed E-state index contributed by atoms with van der Waals surface area (Å²) < 4.78 is 11.9. The van der Waals surface area contributed by atoms with Crippen LogP contribution in [0.5, 0.6) is 0 Å². The highest BCUT2D eigenvalue weighted by molar-refractivity contribution is 6.21. The third kappa shape index (κ3) is 3.67. The molecule has 4 aliphatic rings. The van der Waals surface area contributed by atoms with Crippen molar-refractivity contribution in [3.8, 4) is 0 Å². The Labute approximate surface area is 213 Å². The van der Waals surface area contributed by atoms with Gasteiger partial charge in [-0.2, -0.15) is 0 Å². The standard InChI is InChI=1S/C29H39ClO5/c1-17-23-20(30)15-22-28(4)13-8-12-27(3,16-34-18(2)31)21(28)11-14-29(22,24(23)32)25(17)35-26(33)19-9-6-5-7-10-19/h5-7,9-10,17,20-25,32H,8,11-16H2,1-4H3/t17-,20+,21?,22?,23+,24+,25-,27+,28+,29?/m0/s1. The lowest BCUT2D eigenvalue weighted by molar-refractivity contribution is -0.214. The Hall–Kier alpha value is -1.59. The van der Waals surface area contributed by atoms with Gasteiger partial charge in [-0.25, -0.2) is 4.79 Å². The van der Waals surface area contributed by atoms with Gasteiger partial charge in [0.1, 0.15) is 6.10 Å². The first-order valence-corrected chi connectivity index (χ1v) is 13.7. The summed E-state index contributed by atoms with van der Waals surface area (Å²) in [5, 5.41) is 11.7. The predicted molar refractivity (Wildman–Crippen MR) is 134 cm³/mol. The van der Waals surface area contributed by atoms with Crippen LogP contribution in [0.3, 0.4) is 0 Å². The summed E-state index contributed by atoms with van der Waals surface area (Å²) in [7, 11) is 0. The minimum atomic E-state index is -0.591. The second kappa shape index (κ2) is 8.76. The van der Waals surface area contributed by atoms with Gasteiger partial charge in [0.2, 0.25) is 0 Å². The van der Waals surface area contributed by atoms with Crippen molar-refractivity contribution in [2.24, 2.45) is 39.9 Å². The Morgan fingerprint density at radius 2 is 1.83 bits per heavy atom. The number of carbonyl (C=O) groups is 2.